The average Bonchev–Trinajstić information content (AvgIpc) is 2.31. The number of benzene rings is 1. The third kappa shape index (κ3) is 4.31. The predicted octanol–water partition coefficient (Wildman–Crippen LogP) is 2.59. The molecule has 0 aromatic heterocycles. The molecule has 1 heterocycles. The van der Waals surface area contributed by atoms with Gasteiger partial charge in [-0.1, -0.05) is 11.6 Å². The summed E-state index contributed by atoms with van der Waals surface area (Å²) in [6, 6.07) is 4.84. The first kappa shape index (κ1) is 16.2. The second-order valence-corrected chi connectivity index (χ2v) is 5.08. The summed E-state index contributed by atoms with van der Waals surface area (Å²) in [6.07, 6.45) is 2.15. The Morgan fingerprint density at radius 2 is 2.26 bits per heavy atom. The molecule has 0 amide bonds. The first-order valence-corrected chi connectivity index (χ1v) is 6.35. The van der Waals surface area contributed by atoms with Gasteiger partial charge >= 0.3 is 0 Å². The topological polar surface area (TPSA) is 72.4 Å². The summed E-state index contributed by atoms with van der Waals surface area (Å²) in [7, 11) is 0. The van der Waals surface area contributed by atoms with E-state index in [1.54, 1.807) is 6.07 Å². The zero-order valence-electron chi connectivity index (χ0n) is 10.4. The minimum atomic E-state index is -0.438. The fourth-order valence-corrected chi connectivity index (χ4v) is 2.49. The van der Waals surface area contributed by atoms with Crippen molar-refractivity contribution in [1.82, 2.24) is 4.90 Å². The number of piperidine rings is 1. The van der Waals surface area contributed by atoms with E-state index in [-0.39, 0.29) is 24.1 Å². The molecule has 2 N–H and O–H groups in total. The lowest BCUT2D eigenvalue weighted by Crippen LogP contribution is -2.42. The lowest BCUT2D eigenvalue weighted by Gasteiger charge is -2.30. The molecule has 19 heavy (non-hydrogen) atoms. The van der Waals surface area contributed by atoms with E-state index >= 15 is 0 Å². The van der Waals surface area contributed by atoms with Gasteiger partial charge < -0.3 is 5.73 Å². The van der Waals surface area contributed by atoms with Gasteiger partial charge in [0.25, 0.3) is 5.69 Å². The lowest BCUT2D eigenvalue weighted by atomic mass is 10.1. The molecular formula is C12H17Cl2N3O2. The Morgan fingerprint density at radius 3 is 2.84 bits per heavy atom. The fourth-order valence-electron chi connectivity index (χ4n) is 2.25. The van der Waals surface area contributed by atoms with Crippen molar-refractivity contribution in [2.24, 2.45) is 5.73 Å². The van der Waals surface area contributed by atoms with Crippen molar-refractivity contribution in [2.75, 3.05) is 13.1 Å². The van der Waals surface area contributed by atoms with Crippen LogP contribution in [-0.2, 0) is 6.54 Å². The van der Waals surface area contributed by atoms with Crippen LogP contribution in [0.15, 0.2) is 18.2 Å². The number of nitrogens with two attached hydrogens (primary N) is 1. The number of hydrogen-bond donors (Lipinski definition) is 1. The molecular weight excluding hydrogens is 289 g/mol. The van der Waals surface area contributed by atoms with E-state index in [1.807, 2.05) is 0 Å². The molecule has 1 unspecified atom stereocenters. The molecule has 1 saturated heterocycles. The third-order valence-corrected chi connectivity index (χ3v) is 3.54. The largest absolute Gasteiger partial charge is 0.327 e. The van der Waals surface area contributed by atoms with Crippen LogP contribution >= 0.6 is 24.0 Å². The van der Waals surface area contributed by atoms with E-state index in [0.29, 0.717) is 11.6 Å². The average molecular weight is 306 g/mol. The van der Waals surface area contributed by atoms with Crippen molar-refractivity contribution >= 4 is 29.7 Å². The Hall–Kier alpha value is -0.880. The molecule has 0 bridgehead atoms. The van der Waals surface area contributed by atoms with Gasteiger partial charge in [-0.05, 0) is 31.0 Å². The minimum absolute atomic E-state index is 0. The smallest absolute Gasteiger partial charge is 0.270 e. The molecule has 7 heteroatoms. The second-order valence-electron chi connectivity index (χ2n) is 4.67. The second kappa shape index (κ2) is 7.05. The highest BCUT2D eigenvalue weighted by Gasteiger charge is 2.18. The van der Waals surface area contributed by atoms with Crippen LogP contribution in [0, 0.1) is 10.1 Å². The first-order valence-electron chi connectivity index (χ1n) is 5.97. The molecule has 0 saturated carbocycles. The highest BCUT2D eigenvalue weighted by Crippen LogP contribution is 2.24. The van der Waals surface area contributed by atoms with E-state index in [2.05, 4.69) is 4.90 Å². The minimum Gasteiger partial charge on any atom is -0.327 e. The molecule has 0 radical (unpaired) electrons. The van der Waals surface area contributed by atoms with Crippen LogP contribution in [0.5, 0.6) is 0 Å². The fraction of sp³-hybridized carbons (Fsp3) is 0.500. The summed E-state index contributed by atoms with van der Waals surface area (Å²) < 4.78 is 0. The molecule has 1 aliphatic heterocycles. The van der Waals surface area contributed by atoms with Crippen LogP contribution in [-0.4, -0.2) is 29.0 Å². The van der Waals surface area contributed by atoms with Gasteiger partial charge in [0.2, 0.25) is 0 Å². The number of hydrogen-bond acceptors (Lipinski definition) is 4. The van der Waals surface area contributed by atoms with Gasteiger partial charge in [-0.25, -0.2) is 0 Å². The maximum absolute atomic E-state index is 10.6. The molecule has 1 fully saturated rings. The maximum atomic E-state index is 10.6. The van der Waals surface area contributed by atoms with Crippen molar-refractivity contribution in [1.29, 1.82) is 0 Å². The molecule has 106 valence electrons. The molecule has 1 aliphatic rings. The standard InChI is InChI=1S/C12H16ClN3O2.ClH/c13-12-6-11(16(17)18)4-3-9(12)7-15-5-1-2-10(14)8-15;/h3-4,6,10H,1-2,5,7-8,14H2;1H. The summed E-state index contributed by atoms with van der Waals surface area (Å²) in [6.45, 7) is 2.55. The number of likely N-dealkylation sites (tertiary alicyclic amines) is 1. The highest BCUT2D eigenvalue weighted by atomic mass is 35.5. The lowest BCUT2D eigenvalue weighted by molar-refractivity contribution is -0.384. The van der Waals surface area contributed by atoms with Crippen LogP contribution in [0.1, 0.15) is 18.4 Å². The van der Waals surface area contributed by atoms with E-state index < -0.39 is 4.92 Å². The Balaban J connectivity index is 0.00000180. The number of nitro benzene ring substituents is 1. The van der Waals surface area contributed by atoms with Crippen LogP contribution in [0.4, 0.5) is 5.69 Å². The third-order valence-electron chi connectivity index (χ3n) is 3.18. The maximum Gasteiger partial charge on any atom is 0.270 e. The van der Waals surface area contributed by atoms with Crippen LogP contribution in [0.2, 0.25) is 5.02 Å². The number of nitrogens with zero attached hydrogens (tertiary/aromatic N) is 2. The van der Waals surface area contributed by atoms with E-state index in [4.69, 9.17) is 17.3 Å². The summed E-state index contributed by atoms with van der Waals surface area (Å²) in [4.78, 5) is 12.4. The summed E-state index contributed by atoms with van der Waals surface area (Å²) in [5.74, 6) is 0. The Bertz CT molecular complexity index is 457. The number of nitro groups is 1. The van der Waals surface area contributed by atoms with Gasteiger partial charge in [0.05, 0.1) is 9.95 Å². The van der Waals surface area contributed by atoms with Gasteiger partial charge in [-0.15, -0.1) is 12.4 Å². The summed E-state index contributed by atoms with van der Waals surface area (Å²) >= 11 is 6.07. The quantitative estimate of drug-likeness (QED) is 0.688. The number of non-ortho nitro benzene ring substituents is 1. The van der Waals surface area contributed by atoms with Crippen molar-refractivity contribution in [2.45, 2.75) is 25.4 Å². The Kier molecular flexibility index (Phi) is 6.00. The van der Waals surface area contributed by atoms with E-state index in [1.165, 1.54) is 12.1 Å². The normalized spacial score (nSPS) is 19.8. The summed E-state index contributed by atoms with van der Waals surface area (Å²) in [5.41, 5.74) is 6.86. The van der Waals surface area contributed by atoms with Crippen molar-refractivity contribution in [3.8, 4) is 0 Å². The van der Waals surface area contributed by atoms with Gasteiger partial charge in [0.1, 0.15) is 0 Å². The van der Waals surface area contributed by atoms with Crippen LogP contribution in [0.3, 0.4) is 0 Å². The molecule has 1 aromatic rings. The molecule has 2 rings (SSSR count). The summed E-state index contributed by atoms with van der Waals surface area (Å²) in [5, 5.41) is 11.1. The zero-order chi connectivity index (χ0) is 13.1. The first-order chi connectivity index (χ1) is 8.56. The van der Waals surface area contributed by atoms with Gasteiger partial charge in [0.15, 0.2) is 0 Å². The Morgan fingerprint density at radius 1 is 1.53 bits per heavy atom. The van der Waals surface area contributed by atoms with E-state index in [9.17, 15) is 10.1 Å². The SMILES string of the molecule is Cl.NC1CCCN(Cc2ccc([N+](=O)[O-])cc2Cl)C1. The molecule has 0 spiro atoms. The van der Waals surface area contributed by atoms with Crippen LogP contribution < -0.4 is 5.73 Å². The molecule has 1 aromatic carbocycles. The molecule has 0 aliphatic carbocycles. The molecule has 5 nitrogen and oxygen atoms in total. The monoisotopic (exact) mass is 305 g/mol. The predicted molar refractivity (Wildman–Crippen MR) is 77.8 cm³/mol. The van der Waals surface area contributed by atoms with Crippen molar-refractivity contribution < 1.29 is 4.92 Å². The van der Waals surface area contributed by atoms with Gasteiger partial charge in [-0.3, -0.25) is 15.0 Å². The van der Waals surface area contributed by atoms with Gasteiger partial charge in [0, 0.05) is 31.3 Å². The number of halogens is 2. The number of rotatable bonds is 3. The zero-order valence-corrected chi connectivity index (χ0v) is 12.0. The van der Waals surface area contributed by atoms with Crippen LogP contribution in [0.25, 0.3) is 0 Å². The highest BCUT2D eigenvalue weighted by molar-refractivity contribution is 6.31. The molecule has 1 atom stereocenters. The van der Waals surface area contributed by atoms with Gasteiger partial charge in [-0.2, -0.15) is 0 Å². The van der Waals surface area contributed by atoms with Crippen molar-refractivity contribution in [3.05, 3.63) is 38.9 Å². The van der Waals surface area contributed by atoms with Crippen molar-refractivity contribution in [3.63, 3.8) is 0 Å². The Labute approximate surface area is 123 Å². The van der Waals surface area contributed by atoms with E-state index in [0.717, 1.165) is 31.5 Å².